The molecule has 0 radical (unpaired) electrons. The molecule has 0 saturated heterocycles. The van der Waals surface area contributed by atoms with E-state index in [0.717, 1.165) is 22.0 Å². The van der Waals surface area contributed by atoms with Crippen molar-refractivity contribution >= 4 is 34.1 Å². The molecule has 1 atom stereocenters. The van der Waals surface area contributed by atoms with Crippen molar-refractivity contribution in [3.05, 3.63) is 47.8 Å². The molecule has 0 aliphatic heterocycles. The number of thiazole rings is 1. The van der Waals surface area contributed by atoms with Crippen molar-refractivity contribution in [1.82, 2.24) is 24.7 Å². The monoisotopic (exact) mass is 400 g/mol. The molecule has 1 unspecified atom stereocenters. The number of hydrogen-bond acceptors (Lipinski definition) is 7. The maximum absolute atomic E-state index is 12.5. The Bertz CT molecular complexity index is 931. The second-order valence-corrected chi connectivity index (χ2v) is 8.36. The first-order valence-electron chi connectivity index (χ1n) is 8.35. The van der Waals surface area contributed by atoms with Crippen LogP contribution >= 0.6 is 23.1 Å². The van der Waals surface area contributed by atoms with Crippen molar-refractivity contribution < 1.29 is 4.79 Å². The molecule has 3 rings (SSSR count). The van der Waals surface area contributed by atoms with Gasteiger partial charge in [0.05, 0.1) is 10.9 Å². The van der Waals surface area contributed by atoms with Crippen LogP contribution in [0.1, 0.15) is 17.5 Å². The Morgan fingerprint density at radius 2 is 2.11 bits per heavy atom. The van der Waals surface area contributed by atoms with E-state index in [0.29, 0.717) is 16.8 Å². The van der Waals surface area contributed by atoms with Crippen LogP contribution in [0.4, 0.5) is 5.13 Å². The summed E-state index contributed by atoms with van der Waals surface area (Å²) in [7, 11) is 0. The van der Waals surface area contributed by atoms with Gasteiger partial charge in [-0.25, -0.2) is 4.98 Å². The minimum atomic E-state index is -0.354. The molecular formula is C18H20N6OS2. The van der Waals surface area contributed by atoms with Crippen LogP contribution in [-0.2, 0) is 11.3 Å². The number of nitrogens with zero attached hydrogens (tertiary/aromatic N) is 5. The lowest BCUT2D eigenvalue weighted by Crippen LogP contribution is -2.22. The van der Waals surface area contributed by atoms with E-state index in [-0.39, 0.29) is 11.2 Å². The highest BCUT2D eigenvalue weighted by atomic mass is 32.2. The highest BCUT2D eigenvalue weighted by Gasteiger charge is 2.21. The van der Waals surface area contributed by atoms with E-state index in [2.05, 4.69) is 32.1 Å². The Morgan fingerprint density at radius 1 is 1.37 bits per heavy atom. The topological polar surface area (TPSA) is 85.6 Å². The zero-order valence-electron chi connectivity index (χ0n) is 15.3. The number of pyridine rings is 1. The Morgan fingerprint density at radius 3 is 2.74 bits per heavy atom. The zero-order valence-corrected chi connectivity index (χ0v) is 17.0. The SMILES string of the molecule is C=CCn1c(SC(C)C(=O)Nc2nc(C)c(C)s2)nnc1-c1ccncc1. The molecule has 3 heterocycles. The number of nitrogens with one attached hydrogen (secondary N) is 1. The molecule has 1 N–H and O–H groups in total. The van der Waals surface area contributed by atoms with Gasteiger partial charge in [-0.2, -0.15) is 0 Å². The van der Waals surface area contributed by atoms with Crippen LogP contribution in [0.15, 0.2) is 42.3 Å². The molecule has 27 heavy (non-hydrogen) atoms. The minimum Gasteiger partial charge on any atom is -0.301 e. The number of amides is 1. The summed E-state index contributed by atoms with van der Waals surface area (Å²) in [6, 6.07) is 3.75. The van der Waals surface area contributed by atoms with E-state index in [1.807, 2.05) is 37.5 Å². The van der Waals surface area contributed by atoms with Gasteiger partial charge in [0, 0.05) is 29.4 Å². The summed E-state index contributed by atoms with van der Waals surface area (Å²) < 4.78 is 1.94. The number of rotatable bonds is 7. The van der Waals surface area contributed by atoms with Crippen LogP contribution in [0.3, 0.4) is 0 Å². The molecule has 0 bridgehead atoms. The smallest absolute Gasteiger partial charge is 0.239 e. The van der Waals surface area contributed by atoms with Crippen molar-refractivity contribution in [2.45, 2.75) is 37.7 Å². The predicted molar refractivity (Wildman–Crippen MR) is 109 cm³/mol. The van der Waals surface area contributed by atoms with Gasteiger partial charge in [0.2, 0.25) is 5.91 Å². The fourth-order valence-electron chi connectivity index (χ4n) is 2.33. The number of carbonyl (C=O) groups excluding carboxylic acids is 1. The number of allylic oxidation sites excluding steroid dienone is 1. The first kappa shape index (κ1) is 19.2. The van der Waals surface area contributed by atoms with Crippen LogP contribution in [0.2, 0.25) is 0 Å². The van der Waals surface area contributed by atoms with Crippen LogP contribution in [0.25, 0.3) is 11.4 Å². The summed E-state index contributed by atoms with van der Waals surface area (Å²) in [4.78, 5) is 22.0. The molecule has 140 valence electrons. The third kappa shape index (κ3) is 4.42. The summed E-state index contributed by atoms with van der Waals surface area (Å²) in [5, 5.41) is 12.4. The molecule has 0 fully saturated rings. The maximum atomic E-state index is 12.5. The van der Waals surface area contributed by atoms with Gasteiger partial charge in [0.25, 0.3) is 0 Å². The van der Waals surface area contributed by atoms with Gasteiger partial charge in [-0.3, -0.25) is 14.3 Å². The van der Waals surface area contributed by atoms with Crippen LogP contribution in [0.5, 0.6) is 0 Å². The lowest BCUT2D eigenvalue weighted by molar-refractivity contribution is -0.115. The Balaban J connectivity index is 1.77. The number of aryl methyl sites for hydroxylation is 2. The Labute approximate surface area is 166 Å². The highest BCUT2D eigenvalue weighted by Crippen LogP contribution is 2.28. The Hall–Kier alpha value is -2.52. The second kappa shape index (κ2) is 8.45. The molecule has 0 aromatic carbocycles. The van der Waals surface area contributed by atoms with E-state index in [1.165, 1.54) is 23.1 Å². The molecule has 3 aromatic rings. The van der Waals surface area contributed by atoms with Gasteiger partial charge in [-0.15, -0.1) is 28.1 Å². The first-order chi connectivity index (χ1) is 13.0. The number of carbonyl (C=O) groups is 1. The number of aromatic nitrogens is 5. The van der Waals surface area contributed by atoms with Gasteiger partial charge < -0.3 is 5.32 Å². The molecule has 7 nitrogen and oxygen atoms in total. The van der Waals surface area contributed by atoms with Gasteiger partial charge in [-0.05, 0) is 32.9 Å². The molecule has 3 aromatic heterocycles. The number of anilines is 1. The lowest BCUT2D eigenvalue weighted by atomic mass is 10.2. The van der Waals surface area contributed by atoms with E-state index in [4.69, 9.17) is 0 Å². The maximum Gasteiger partial charge on any atom is 0.239 e. The van der Waals surface area contributed by atoms with Gasteiger partial charge in [0.1, 0.15) is 0 Å². The van der Waals surface area contributed by atoms with Gasteiger partial charge in [-0.1, -0.05) is 17.8 Å². The average Bonchev–Trinajstić information content (AvgIpc) is 3.19. The fourth-order valence-corrected chi connectivity index (χ4v) is 4.00. The van der Waals surface area contributed by atoms with Gasteiger partial charge >= 0.3 is 0 Å². The van der Waals surface area contributed by atoms with E-state index < -0.39 is 0 Å². The third-order valence-corrected chi connectivity index (χ3v) is 5.95. The molecule has 1 amide bonds. The third-order valence-electron chi connectivity index (χ3n) is 3.88. The van der Waals surface area contributed by atoms with Crippen LogP contribution in [-0.4, -0.2) is 35.9 Å². The first-order valence-corrected chi connectivity index (χ1v) is 10.0. The highest BCUT2D eigenvalue weighted by molar-refractivity contribution is 8.00. The second-order valence-electron chi connectivity index (χ2n) is 5.85. The van der Waals surface area contributed by atoms with Crippen molar-refractivity contribution in [2.24, 2.45) is 0 Å². The van der Waals surface area contributed by atoms with E-state index in [9.17, 15) is 4.79 Å². The van der Waals surface area contributed by atoms with Crippen molar-refractivity contribution in [3.8, 4) is 11.4 Å². The fraction of sp³-hybridized carbons (Fsp3) is 0.278. The predicted octanol–water partition coefficient (Wildman–Crippen LogP) is 3.72. The van der Waals surface area contributed by atoms with E-state index in [1.54, 1.807) is 18.5 Å². The Kier molecular flexibility index (Phi) is 6.02. The summed E-state index contributed by atoms with van der Waals surface area (Å²) in [6.45, 7) is 10.1. The minimum absolute atomic E-state index is 0.118. The average molecular weight is 401 g/mol. The van der Waals surface area contributed by atoms with E-state index >= 15 is 0 Å². The standard InChI is InChI=1S/C18H20N6OS2/c1-5-10-24-15(14-6-8-19-9-7-14)22-23-18(24)27-13(4)16(25)21-17-20-11(2)12(3)26-17/h5-9,13H,1,10H2,2-4H3,(H,20,21,25). The summed E-state index contributed by atoms with van der Waals surface area (Å²) in [5.41, 5.74) is 1.85. The summed E-state index contributed by atoms with van der Waals surface area (Å²) in [6.07, 6.45) is 5.20. The largest absolute Gasteiger partial charge is 0.301 e. The van der Waals surface area contributed by atoms with Crippen LogP contribution in [0, 0.1) is 13.8 Å². The van der Waals surface area contributed by atoms with Crippen molar-refractivity contribution in [1.29, 1.82) is 0 Å². The lowest BCUT2D eigenvalue weighted by Gasteiger charge is -2.11. The van der Waals surface area contributed by atoms with Crippen molar-refractivity contribution in [2.75, 3.05) is 5.32 Å². The molecular weight excluding hydrogens is 380 g/mol. The normalized spacial score (nSPS) is 12.0. The number of hydrogen-bond donors (Lipinski definition) is 1. The molecule has 0 spiro atoms. The van der Waals surface area contributed by atoms with Gasteiger partial charge in [0.15, 0.2) is 16.1 Å². The summed E-state index contributed by atoms with van der Waals surface area (Å²) >= 11 is 2.83. The van der Waals surface area contributed by atoms with Crippen molar-refractivity contribution in [3.63, 3.8) is 0 Å². The summed E-state index contributed by atoms with van der Waals surface area (Å²) in [5.74, 6) is 0.603. The zero-order chi connectivity index (χ0) is 19.4. The quantitative estimate of drug-likeness (QED) is 0.481. The number of thioether (sulfide) groups is 1. The molecule has 9 heteroatoms. The van der Waals surface area contributed by atoms with Crippen LogP contribution < -0.4 is 5.32 Å². The molecule has 0 aliphatic carbocycles. The molecule has 0 saturated carbocycles. The molecule has 0 aliphatic rings.